The van der Waals surface area contributed by atoms with Crippen LogP contribution in [0.5, 0.6) is 0 Å². The SMILES string of the molecule is C=CC=CC(CC)(CC)P(=O)(O)O. The fraction of sp³-hybridized carbons (Fsp3) is 0.556. The summed E-state index contributed by atoms with van der Waals surface area (Å²) in [6, 6.07) is 0. The van der Waals surface area contributed by atoms with E-state index in [1.54, 1.807) is 26.0 Å². The highest BCUT2D eigenvalue weighted by Crippen LogP contribution is 2.55. The van der Waals surface area contributed by atoms with Crippen LogP contribution in [0.1, 0.15) is 26.7 Å². The first-order valence-electron chi connectivity index (χ1n) is 4.29. The molecule has 0 aliphatic heterocycles. The van der Waals surface area contributed by atoms with Gasteiger partial charge in [-0.25, -0.2) is 0 Å². The molecule has 13 heavy (non-hydrogen) atoms. The van der Waals surface area contributed by atoms with Crippen LogP contribution in [0.25, 0.3) is 0 Å². The smallest absolute Gasteiger partial charge is 0.324 e. The summed E-state index contributed by atoms with van der Waals surface area (Å²) in [4.78, 5) is 18.4. The highest BCUT2D eigenvalue weighted by atomic mass is 31.2. The van der Waals surface area contributed by atoms with E-state index in [0.717, 1.165) is 0 Å². The van der Waals surface area contributed by atoms with Crippen molar-refractivity contribution < 1.29 is 14.4 Å². The van der Waals surface area contributed by atoms with Gasteiger partial charge in [0.2, 0.25) is 0 Å². The van der Waals surface area contributed by atoms with Crippen molar-refractivity contribution in [1.82, 2.24) is 0 Å². The second-order valence-electron chi connectivity index (χ2n) is 2.95. The first-order valence-corrected chi connectivity index (χ1v) is 5.90. The molecule has 0 saturated heterocycles. The third-order valence-electron chi connectivity index (χ3n) is 2.35. The van der Waals surface area contributed by atoms with Crippen LogP contribution < -0.4 is 0 Å². The van der Waals surface area contributed by atoms with E-state index in [1.165, 1.54) is 6.08 Å². The van der Waals surface area contributed by atoms with E-state index in [4.69, 9.17) is 0 Å². The van der Waals surface area contributed by atoms with Crippen LogP contribution in [0, 0.1) is 0 Å². The van der Waals surface area contributed by atoms with Gasteiger partial charge in [0.1, 0.15) is 0 Å². The molecule has 0 aromatic heterocycles. The molecule has 76 valence electrons. The van der Waals surface area contributed by atoms with Crippen molar-refractivity contribution in [3.8, 4) is 0 Å². The van der Waals surface area contributed by atoms with Crippen molar-refractivity contribution in [2.75, 3.05) is 0 Å². The second kappa shape index (κ2) is 4.75. The number of allylic oxidation sites excluding steroid dienone is 3. The van der Waals surface area contributed by atoms with E-state index >= 15 is 0 Å². The van der Waals surface area contributed by atoms with Gasteiger partial charge in [-0.2, -0.15) is 0 Å². The molecule has 0 bridgehead atoms. The first-order chi connectivity index (χ1) is 5.93. The van der Waals surface area contributed by atoms with Crippen LogP contribution in [-0.4, -0.2) is 14.9 Å². The highest BCUT2D eigenvalue weighted by Gasteiger charge is 2.41. The first kappa shape index (κ1) is 12.6. The van der Waals surface area contributed by atoms with Crippen molar-refractivity contribution in [2.45, 2.75) is 31.8 Å². The highest BCUT2D eigenvalue weighted by molar-refractivity contribution is 7.53. The van der Waals surface area contributed by atoms with Gasteiger partial charge in [0.25, 0.3) is 0 Å². The minimum Gasteiger partial charge on any atom is -0.324 e. The molecule has 0 rings (SSSR count). The molecule has 2 N–H and O–H groups in total. The zero-order chi connectivity index (χ0) is 10.5. The minimum absolute atomic E-state index is 0.429. The monoisotopic (exact) mass is 204 g/mol. The van der Waals surface area contributed by atoms with Crippen molar-refractivity contribution >= 4 is 7.60 Å². The summed E-state index contributed by atoms with van der Waals surface area (Å²) in [5.74, 6) is 0. The molecule has 0 unspecified atom stereocenters. The van der Waals surface area contributed by atoms with Gasteiger partial charge < -0.3 is 9.79 Å². The fourth-order valence-electron chi connectivity index (χ4n) is 1.24. The lowest BCUT2D eigenvalue weighted by molar-refractivity contribution is 0.334. The van der Waals surface area contributed by atoms with E-state index < -0.39 is 12.8 Å². The van der Waals surface area contributed by atoms with Gasteiger partial charge in [-0.15, -0.1) is 0 Å². The molecule has 3 nitrogen and oxygen atoms in total. The Balaban J connectivity index is 5.03. The summed E-state index contributed by atoms with van der Waals surface area (Å²) in [5.41, 5.74) is 0. The molecule has 0 saturated carbocycles. The fourth-order valence-corrected chi connectivity index (χ4v) is 2.35. The van der Waals surface area contributed by atoms with Gasteiger partial charge in [0.05, 0.1) is 5.16 Å². The minimum atomic E-state index is -4.07. The van der Waals surface area contributed by atoms with E-state index in [2.05, 4.69) is 6.58 Å². The molecule has 0 aromatic rings. The normalized spacial score (nSPS) is 13.5. The Kier molecular flexibility index (Phi) is 4.62. The van der Waals surface area contributed by atoms with Crippen LogP contribution in [0.3, 0.4) is 0 Å². The van der Waals surface area contributed by atoms with Crippen LogP contribution in [0.15, 0.2) is 24.8 Å². The van der Waals surface area contributed by atoms with Crippen LogP contribution in [-0.2, 0) is 4.57 Å². The Bertz CT molecular complexity index is 235. The summed E-state index contributed by atoms with van der Waals surface area (Å²) in [6.07, 6.45) is 5.53. The molecule has 0 aliphatic rings. The van der Waals surface area contributed by atoms with E-state index in [0.29, 0.717) is 12.8 Å². The molecular weight excluding hydrogens is 187 g/mol. The van der Waals surface area contributed by atoms with Crippen LogP contribution in [0.2, 0.25) is 0 Å². The molecule has 0 aromatic carbocycles. The quantitative estimate of drug-likeness (QED) is 0.534. The Morgan fingerprint density at radius 1 is 1.38 bits per heavy atom. The summed E-state index contributed by atoms with van der Waals surface area (Å²) >= 11 is 0. The average molecular weight is 204 g/mol. The van der Waals surface area contributed by atoms with Crippen molar-refractivity contribution in [2.24, 2.45) is 0 Å². The van der Waals surface area contributed by atoms with Gasteiger partial charge in [-0.3, -0.25) is 4.57 Å². The summed E-state index contributed by atoms with van der Waals surface area (Å²) in [6.45, 7) is 7.02. The third-order valence-corrected chi connectivity index (χ3v) is 4.29. The lowest BCUT2D eigenvalue weighted by atomic mass is 10.0. The van der Waals surface area contributed by atoms with Crippen molar-refractivity contribution in [1.29, 1.82) is 0 Å². The third kappa shape index (κ3) is 2.80. The summed E-state index contributed by atoms with van der Waals surface area (Å²) in [7, 11) is -4.07. The van der Waals surface area contributed by atoms with Gasteiger partial charge in [0, 0.05) is 0 Å². The standard InChI is InChI=1S/C9H17O3P/c1-4-7-8-9(5-2,6-3)13(10,11)12/h4,7-8H,1,5-6H2,2-3H3,(H2,10,11,12). The van der Waals surface area contributed by atoms with E-state index in [9.17, 15) is 14.4 Å². The van der Waals surface area contributed by atoms with E-state index in [1.807, 2.05) is 0 Å². The van der Waals surface area contributed by atoms with E-state index in [-0.39, 0.29) is 0 Å². The zero-order valence-corrected chi connectivity index (χ0v) is 9.00. The zero-order valence-electron chi connectivity index (χ0n) is 8.10. The predicted molar refractivity (Wildman–Crippen MR) is 54.7 cm³/mol. The summed E-state index contributed by atoms with van der Waals surface area (Å²) < 4.78 is 11.2. The topological polar surface area (TPSA) is 57.5 Å². The van der Waals surface area contributed by atoms with Gasteiger partial charge in [-0.1, -0.05) is 38.7 Å². The molecule has 0 radical (unpaired) electrons. The Morgan fingerprint density at radius 3 is 2.08 bits per heavy atom. The maximum Gasteiger partial charge on any atom is 0.335 e. The number of hydrogen-bond donors (Lipinski definition) is 2. The number of hydrogen-bond acceptors (Lipinski definition) is 1. The Labute approximate surface area is 79.3 Å². The molecular formula is C9H17O3P. The Morgan fingerprint density at radius 2 is 1.85 bits per heavy atom. The van der Waals surface area contributed by atoms with Crippen LogP contribution in [0.4, 0.5) is 0 Å². The molecule has 0 atom stereocenters. The van der Waals surface area contributed by atoms with Gasteiger partial charge >= 0.3 is 7.60 Å². The Hall–Kier alpha value is -0.370. The molecule has 4 heteroatoms. The van der Waals surface area contributed by atoms with Crippen molar-refractivity contribution in [3.63, 3.8) is 0 Å². The number of rotatable bonds is 5. The molecule has 0 spiro atoms. The molecule has 0 fully saturated rings. The second-order valence-corrected chi connectivity index (χ2v) is 4.93. The average Bonchev–Trinajstić information content (AvgIpc) is 2.05. The largest absolute Gasteiger partial charge is 0.335 e. The molecule has 0 aliphatic carbocycles. The molecule has 0 heterocycles. The molecule has 0 amide bonds. The van der Waals surface area contributed by atoms with Crippen LogP contribution >= 0.6 is 7.60 Å². The summed E-state index contributed by atoms with van der Waals surface area (Å²) in [5, 5.41) is -1.01. The maximum atomic E-state index is 11.2. The predicted octanol–water partition coefficient (Wildman–Crippen LogP) is 2.47. The van der Waals surface area contributed by atoms with Gasteiger partial charge in [0.15, 0.2) is 0 Å². The lowest BCUT2D eigenvalue weighted by Gasteiger charge is -2.28. The van der Waals surface area contributed by atoms with Gasteiger partial charge in [-0.05, 0) is 12.8 Å². The maximum absolute atomic E-state index is 11.2. The lowest BCUT2D eigenvalue weighted by Crippen LogP contribution is -2.24. The van der Waals surface area contributed by atoms with Crippen molar-refractivity contribution in [3.05, 3.63) is 24.8 Å².